The highest BCUT2D eigenvalue weighted by molar-refractivity contribution is 5.38. The molecule has 106 valence electrons. The van der Waals surface area contributed by atoms with Crippen molar-refractivity contribution in [2.24, 2.45) is 5.92 Å². The van der Waals surface area contributed by atoms with Gasteiger partial charge in [0, 0.05) is 18.0 Å². The average Bonchev–Trinajstić information content (AvgIpc) is 2.42. The van der Waals surface area contributed by atoms with Gasteiger partial charge in [0.2, 0.25) is 0 Å². The standard InChI is InChI=1S/C15H21F2NO/c1-3-19-14-7-6-12(9-11(14)2)15(16,17)13-5-4-8-18-10-13/h6-7,9,13,18H,3-5,8,10H2,1-2H3. The molecule has 0 aromatic heterocycles. The number of piperidine rings is 1. The van der Waals surface area contributed by atoms with Crippen molar-refractivity contribution in [3.63, 3.8) is 0 Å². The molecule has 0 saturated carbocycles. The summed E-state index contributed by atoms with van der Waals surface area (Å²) in [6.07, 6.45) is 1.39. The van der Waals surface area contributed by atoms with Gasteiger partial charge >= 0.3 is 0 Å². The van der Waals surface area contributed by atoms with E-state index in [1.54, 1.807) is 12.1 Å². The minimum atomic E-state index is -2.77. The molecule has 0 amide bonds. The Hall–Kier alpha value is -1.16. The Balaban J connectivity index is 2.21. The maximum Gasteiger partial charge on any atom is 0.277 e. The van der Waals surface area contributed by atoms with Gasteiger partial charge < -0.3 is 10.1 Å². The molecule has 1 atom stereocenters. The lowest BCUT2D eigenvalue weighted by atomic mass is 9.88. The van der Waals surface area contributed by atoms with Gasteiger partial charge in [-0.2, -0.15) is 0 Å². The van der Waals surface area contributed by atoms with Crippen LogP contribution in [0.2, 0.25) is 0 Å². The SMILES string of the molecule is CCOc1ccc(C(F)(F)C2CCCNC2)cc1C. The molecule has 0 bridgehead atoms. The number of alkyl halides is 2. The van der Waals surface area contributed by atoms with Crippen molar-refractivity contribution >= 4 is 0 Å². The van der Waals surface area contributed by atoms with Crippen LogP contribution in [0.25, 0.3) is 0 Å². The maximum atomic E-state index is 14.5. The molecule has 1 fully saturated rings. The Morgan fingerprint density at radius 3 is 2.79 bits per heavy atom. The van der Waals surface area contributed by atoms with E-state index in [1.165, 1.54) is 6.07 Å². The first-order valence-corrected chi connectivity index (χ1v) is 6.88. The number of hydrogen-bond donors (Lipinski definition) is 1. The summed E-state index contributed by atoms with van der Waals surface area (Å²) in [6, 6.07) is 4.70. The summed E-state index contributed by atoms with van der Waals surface area (Å²) in [6.45, 7) is 5.47. The zero-order valence-electron chi connectivity index (χ0n) is 11.5. The fourth-order valence-corrected chi connectivity index (χ4v) is 2.57. The Morgan fingerprint density at radius 1 is 1.42 bits per heavy atom. The molecule has 1 unspecified atom stereocenters. The average molecular weight is 269 g/mol. The quantitative estimate of drug-likeness (QED) is 0.903. The van der Waals surface area contributed by atoms with Crippen LogP contribution in [0.15, 0.2) is 18.2 Å². The summed E-state index contributed by atoms with van der Waals surface area (Å²) in [5.74, 6) is -2.70. The Morgan fingerprint density at radius 2 is 2.21 bits per heavy atom. The number of rotatable bonds is 4. The highest BCUT2D eigenvalue weighted by Crippen LogP contribution is 2.40. The first kappa shape index (κ1) is 14.3. The van der Waals surface area contributed by atoms with E-state index in [9.17, 15) is 8.78 Å². The maximum absolute atomic E-state index is 14.5. The van der Waals surface area contributed by atoms with E-state index in [1.807, 2.05) is 13.8 Å². The molecular weight excluding hydrogens is 248 g/mol. The monoisotopic (exact) mass is 269 g/mol. The normalized spacial score (nSPS) is 20.3. The van der Waals surface area contributed by atoms with E-state index in [4.69, 9.17) is 4.74 Å². The molecule has 1 N–H and O–H groups in total. The van der Waals surface area contributed by atoms with Gasteiger partial charge in [0.25, 0.3) is 5.92 Å². The molecule has 1 heterocycles. The fraction of sp³-hybridized carbons (Fsp3) is 0.600. The summed E-state index contributed by atoms with van der Waals surface area (Å²) in [7, 11) is 0. The van der Waals surface area contributed by atoms with Crippen LogP contribution in [-0.4, -0.2) is 19.7 Å². The van der Waals surface area contributed by atoms with Crippen LogP contribution < -0.4 is 10.1 Å². The van der Waals surface area contributed by atoms with E-state index < -0.39 is 11.8 Å². The van der Waals surface area contributed by atoms with Gasteiger partial charge in [-0.05, 0) is 57.0 Å². The third-order valence-corrected chi connectivity index (χ3v) is 3.67. The first-order valence-electron chi connectivity index (χ1n) is 6.88. The van der Waals surface area contributed by atoms with Crippen LogP contribution in [0.3, 0.4) is 0 Å². The van der Waals surface area contributed by atoms with E-state index in [0.29, 0.717) is 25.3 Å². The molecule has 0 aliphatic carbocycles. The highest BCUT2D eigenvalue weighted by Gasteiger charge is 2.41. The van der Waals surface area contributed by atoms with E-state index >= 15 is 0 Å². The van der Waals surface area contributed by atoms with Crippen LogP contribution in [0.5, 0.6) is 5.75 Å². The zero-order valence-corrected chi connectivity index (χ0v) is 11.5. The fourth-order valence-electron chi connectivity index (χ4n) is 2.57. The topological polar surface area (TPSA) is 21.3 Å². The molecule has 1 aliphatic rings. The molecule has 2 nitrogen and oxygen atoms in total. The van der Waals surface area contributed by atoms with Crippen molar-refractivity contribution in [1.82, 2.24) is 5.32 Å². The van der Waals surface area contributed by atoms with Crippen molar-refractivity contribution in [3.05, 3.63) is 29.3 Å². The Bertz CT molecular complexity index is 428. The Labute approximate surface area is 113 Å². The minimum Gasteiger partial charge on any atom is -0.494 e. The molecule has 1 aromatic carbocycles. The molecular formula is C15H21F2NO. The number of nitrogens with one attached hydrogen (secondary N) is 1. The van der Waals surface area contributed by atoms with Gasteiger partial charge in [-0.3, -0.25) is 0 Å². The van der Waals surface area contributed by atoms with Crippen LogP contribution in [-0.2, 0) is 5.92 Å². The van der Waals surface area contributed by atoms with Crippen LogP contribution in [0.4, 0.5) is 8.78 Å². The molecule has 1 saturated heterocycles. The van der Waals surface area contributed by atoms with Gasteiger partial charge in [-0.1, -0.05) is 0 Å². The number of ether oxygens (including phenoxy) is 1. The summed E-state index contributed by atoms with van der Waals surface area (Å²) >= 11 is 0. The minimum absolute atomic E-state index is 0.0992. The highest BCUT2D eigenvalue weighted by atomic mass is 19.3. The molecule has 19 heavy (non-hydrogen) atoms. The van der Waals surface area contributed by atoms with E-state index in [2.05, 4.69) is 5.32 Å². The summed E-state index contributed by atoms with van der Waals surface area (Å²) in [4.78, 5) is 0. The van der Waals surface area contributed by atoms with Crippen molar-refractivity contribution in [2.45, 2.75) is 32.6 Å². The van der Waals surface area contributed by atoms with Crippen molar-refractivity contribution < 1.29 is 13.5 Å². The number of aryl methyl sites for hydroxylation is 1. The second-order valence-corrected chi connectivity index (χ2v) is 5.08. The molecule has 0 spiro atoms. The predicted octanol–water partition coefficient (Wildman–Crippen LogP) is 3.49. The largest absolute Gasteiger partial charge is 0.494 e. The van der Waals surface area contributed by atoms with Gasteiger partial charge in [0.15, 0.2) is 0 Å². The lowest BCUT2D eigenvalue weighted by Gasteiger charge is -2.31. The molecule has 0 radical (unpaired) electrons. The molecule has 1 aliphatic heterocycles. The van der Waals surface area contributed by atoms with Gasteiger partial charge in [-0.15, -0.1) is 0 Å². The number of halogens is 2. The number of benzene rings is 1. The van der Waals surface area contributed by atoms with Gasteiger partial charge in [0.05, 0.1) is 6.61 Å². The summed E-state index contributed by atoms with van der Waals surface area (Å²) in [5.41, 5.74) is 0.866. The van der Waals surface area contributed by atoms with Crippen molar-refractivity contribution in [1.29, 1.82) is 0 Å². The van der Waals surface area contributed by atoms with Crippen molar-refractivity contribution in [2.75, 3.05) is 19.7 Å². The predicted molar refractivity (Wildman–Crippen MR) is 71.8 cm³/mol. The van der Waals surface area contributed by atoms with E-state index in [0.717, 1.165) is 18.5 Å². The van der Waals surface area contributed by atoms with Gasteiger partial charge in [-0.25, -0.2) is 8.78 Å². The van der Waals surface area contributed by atoms with E-state index in [-0.39, 0.29) is 5.56 Å². The van der Waals surface area contributed by atoms with Crippen LogP contribution in [0, 0.1) is 12.8 Å². The number of hydrogen-bond acceptors (Lipinski definition) is 2. The first-order chi connectivity index (χ1) is 9.05. The lowest BCUT2D eigenvalue weighted by Crippen LogP contribution is -2.39. The third-order valence-electron chi connectivity index (χ3n) is 3.67. The lowest BCUT2D eigenvalue weighted by molar-refractivity contribution is -0.0725. The van der Waals surface area contributed by atoms with Crippen molar-refractivity contribution in [3.8, 4) is 5.75 Å². The van der Waals surface area contributed by atoms with Gasteiger partial charge in [0.1, 0.15) is 5.75 Å². The smallest absolute Gasteiger partial charge is 0.277 e. The second kappa shape index (κ2) is 5.87. The Kier molecular flexibility index (Phi) is 4.40. The molecule has 1 aromatic rings. The van der Waals surface area contributed by atoms with Crippen LogP contribution in [0.1, 0.15) is 30.9 Å². The zero-order chi connectivity index (χ0) is 13.9. The second-order valence-electron chi connectivity index (χ2n) is 5.08. The summed E-state index contributed by atoms with van der Waals surface area (Å²) < 4.78 is 34.3. The molecule has 4 heteroatoms. The molecule has 2 rings (SSSR count). The summed E-state index contributed by atoms with van der Waals surface area (Å²) in [5, 5.41) is 3.05. The third kappa shape index (κ3) is 3.06. The van der Waals surface area contributed by atoms with Crippen LogP contribution >= 0.6 is 0 Å².